The molecule has 5 rings (SSSR count). The molecule has 0 spiro atoms. The predicted molar refractivity (Wildman–Crippen MR) is 120 cm³/mol. The second-order valence-corrected chi connectivity index (χ2v) is 7.61. The van der Waals surface area contributed by atoms with Crippen LogP contribution in [0, 0.1) is 0 Å². The van der Waals surface area contributed by atoms with Gasteiger partial charge in [-0.2, -0.15) is 0 Å². The molecule has 1 aliphatic heterocycles. The average molecular weight is 418 g/mol. The first kappa shape index (κ1) is 19.8. The van der Waals surface area contributed by atoms with Crippen molar-refractivity contribution < 1.29 is 14.2 Å². The van der Waals surface area contributed by atoms with Crippen LogP contribution < -0.4 is 14.8 Å². The van der Waals surface area contributed by atoms with E-state index in [1.807, 2.05) is 53.2 Å². The van der Waals surface area contributed by atoms with E-state index in [9.17, 15) is 0 Å². The summed E-state index contributed by atoms with van der Waals surface area (Å²) in [6.45, 7) is 5.69. The largest absolute Gasteiger partial charge is 0.493 e. The number of benzene rings is 1. The average Bonchev–Trinajstić information content (AvgIpc) is 3.25. The van der Waals surface area contributed by atoms with E-state index >= 15 is 0 Å². The SMILES string of the molecule is CCCOc1ccn2c(-c3ccc4cccc(OCC5CNCCO5)c4n3)cnc2c1. The van der Waals surface area contributed by atoms with Gasteiger partial charge in [-0.1, -0.05) is 25.1 Å². The maximum absolute atomic E-state index is 6.11. The summed E-state index contributed by atoms with van der Waals surface area (Å²) >= 11 is 0. The number of rotatable bonds is 7. The molecule has 1 saturated heterocycles. The van der Waals surface area contributed by atoms with Crippen molar-refractivity contribution in [2.24, 2.45) is 0 Å². The first-order valence-electron chi connectivity index (χ1n) is 10.8. The fourth-order valence-electron chi connectivity index (χ4n) is 3.75. The fourth-order valence-corrected chi connectivity index (χ4v) is 3.75. The summed E-state index contributed by atoms with van der Waals surface area (Å²) in [6, 6.07) is 14.0. The molecule has 0 bridgehead atoms. The topological polar surface area (TPSA) is 69.9 Å². The Kier molecular flexibility index (Phi) is 5.69. The minimum Gasteiger partial charge on any atom is -0.493 e. The number of para-hydroxylation sites is 1. The molecule has 7 nitrogen and oxygen atoms in total. The van der Waals surface area contributed by atoms with Crippen LogP contribution in [0.15, 0.2) is 54.9 Å². The quantitative estimate of drug-likeness (QED) is 0.494. The molecule has 3 aromatic heterocycles. The van der Waals surface area contributed by atoms with Crippen molar-refractivity contribution in [3.8, 4) is 22.9 Å². The van der Waals surface area contributed by atoms with Gasteiger partial charge in [0.1, 0.15) is 35.4 Å². The van der Waals surface area contributed by atoms with E-state index in [0.29, 0.717) is 19.8 Å². The van der Waals surface area contributed by atoms with Crippen molar-refractivity contribution in [2.75, 3.05) is 32.9 Å². The summed E-state index contributed by atoms with van der Waals surface area (Å²) < 4.78 is 19.6. The molecule has 0 radical (unpaired) electrons. The summed E-state index contributed by atoms with van der Waals surface area (Å²) in [5.74, 6) is 1.59. The normalized spacial score (nSPS) is 16.6. The maximum atomic E-state index is 6.11. The van der Waals surface area contributed by atoms with Gasteiger partial charge in [0.25, 0.3) is 0 Å². The van der Waals surface area contributed by atoms with Gasteiger partial charge in [0, 0.05) is 30.7 Å². The van der Waals surface area contributed by atoms with Crippen molar-refractivity contribution in [1.29, 1.82) is 0 Å². The van der Waals surface area contributed by atoms with Gasteiger partial charge in [0.15, 0.2) is 0 Å². The van der Waals surface area contributed by atoms with Gasteiger partial charge in [0.05, 0.1) is 30.8 Å². The van der Waals surface area contributed by atoms with E-state index in [2.05, 4.69) is 23.3 Å². The highest BCUT2D eigenvalue weighted by molar-refractivity contribution is 5.86. The highest BCUT2D eigenvalue weighted by Crippen LogP contribution is 2.28. The number of pyridine rings is 2. The minimum absolute atomic E-state index is 0.0510. The van der Waals surface area contributed by atoms with E-state index in [-0.39, 0.29) is 6.10 Å². The Bertz CT molecular complexity index is 1180. The molecule has 1 aliphatic rings. The number of nitrogens with zero attached hydrogens (tertiary/aromatic N) is 3. The molecule has 31 heavy (non-hydrogen) atoms. The number of morpholine rings is 1. The van der Waals surface area contributed by atoms with Crippen LogP contribution >= 0.6 is 0 Å². The van der Waals surface area contributed by atoms with Crippen molar-refractivity contribution in [3.05, 3.63) is 54.9 Å². The van der Waals surface area contributed by atoms with E-state index in [1.165, 1.54) is 0 Å². The van der Waals surface area contributed by atoms with Gasteiger partial charge in [-0.05, 0) is 24.6 Å². The van der Waals surface area contributed by atoms with Gasteiger partial charge in [-0.25, -0.2) is 9.97 Å². The summed E-state index contributed by atoms with van der Waals surface area (Å²) in [5, 5.41) is 4.36. The van der Waals surface area contributed by atoms with Crippen LogP contribution in [-0.4, -0.2) is 53.4 Å². The monoisotopic (exact) mass is 418 g/mol. The smallest absolute Gasteiger partial charge is 0.145 e. The second kappa shape index (κ2) is 8.91. The van der Waals surface area contributed by atoms with Crippen LogP contribution in [0.2, 0.25) is 0 Å². The summed E-state index contributed by atoms with van der Waals surface area (Å²) in [5.41, 5.74) is 3.43. The molecule has 7 heteroatoms. The molecule has 1 aromatic carbocycles. The fraction of sp³-hybridized carbons (Fsp3) is 0.333. The van der Waals surface area contributed by atoms with Crippen molar-refractivity contribution in [3.63, 3.8) is 0 Å². The van der Waals surface area contributed by atoms with Gasteiger partial charge in [-0.15, -0.1) is 0 Å². The van der Waals surface area contributed by atoms with Crippen LogP contribution in [0.5, 0.6) is 11.5 Å². The Balaban J connectivity index is 1.45. The summed E-state index contributed by atoms with van der Waals surface area (Å²) in [4.78, 5) is 9.48. The molecular weight excluding hydrogens is 392 g/mol. The summed E-state index contributed by atoms with van der Waals surface area (Å²) in [6.07, 6.45) is 4.84. The van der Waals surface area contributed by atoms with E-state index in [4.69, 9.17) is 19.2 Å². The number of ether oxygens (including phenoxy) is 3. The highest BCUT2D eigenvalue weighted by atomic mass is 16.5. The standard InChI is InChI=1S/C24H26N4O3/c1-2-11-29-18-8-10-28-21(15-26-23(28)13-18)20-7-6-17-4-3-5-22(24(17)27-20)31-16-19-14-25-9-12-30-19/h3-8,10,13,15,19,25H,2,9,11-12,14,16H2,1H3. The lowest BCUT2D eigenvalue weighted by atomic mass is 10.1. The first-order valence-corrected chi connectivity index (χ1v) is 10.8. The molecule has 0 amide bonds. The lowest BCUT2D eigenvalue weighted by Gasteiger charge is -2.23. The number of imidazole rings is 1. The zero-order chi connectivity index (χ0) is 21.0. The Morgan fingerprint density at radius 1 is 1.19 bits per heavy atom. The van der Waals surface area contributed by atoms with Crippen molar-refractivity contribution in [2.45, 2.75) is 19.4 Å². The molecule has 1 atom stereocenters. The van der Waals surface area contributed by atoms with Crippen LogP contribution in [0.3, 0.4) is 0 Å². The third-order valence-electron chi connectivity index (χ3n) is 5.33. The zero-order valence-electron chi connectivity index (χ0n) is 17.6. The number of aromatic nitrogens is 3. The lowest BCUT2D eigenvalue weighted by molar-refractivity contribution is 0.000477. The molecule has 4 aromatic rings. The molecule has 1 fully saturated rings. The van der Waals surface area contributed by atoms with Crippen LogP contribution in [-0.2, 0) is 4.74 Å². The molecule has 160 valence electrons. The van der Waals surface area contributed by atoms with E-state index in [1.54, 1.807) is 0 Å². The Morgan fingerprint density at radius 2 is 2.16 bits per heavy atom. The Labute approximate surface area is 181 Å². The lowest BCUT2D eigenvalue weighted by Crippen LogP contribution is -2.41. The Hall–Kier alpha value is -3.16. The highest BCUT2D eigenvalue weighted by Gasteiger charge is 2.16. The number of hydrogen-bond acceptors (Lipinski definition) is 6. The second-order valence-electron chi connectivity index (χ2n) is 7.61. The van der Waals surface area contributed by atoms with Gasteiger partial charge in [-0.3, -0.25) is 4.40 Å². The predicted octanol–water partition coefficient (Wildman–Crippen LogP) is 3.71. The van der Waals surface area contributed by atoms with Gasteiger partial charge >= 0.3 is 0 Å². The van der Waals surface area contributed by atoms with Crippen molar-refractivity contribution in [1.82, 2.24) is 19.7 Å². The van der Waals surface area contributed by atoms with E-state index < -0.39 is 0 Å². The molecule has 0 aliphatic carbocycles. The van der Waals surface area contributed by atoms with E-state index in [0.717, 1.165) is 58.9 Å². The number of nitrogens with one attached hydrogen (secondary N) is 1. The molecule has 1 unspecified atom stereocenters. The molecule has 0 saturated carbocycles. The number of fused-ring (bicyclic) bond motifs is 2. The molecule has 1 N–H and O–H groups in total. The van der Waals surface area contributed by atoms with Gasteiger partial charge < -0.3 is 19.5 Å². The first-order chi connectivity index (χ1) is 15.3. The molecular formula is C24H26N4O3. The Morgan fingerprint density at radius 3 is 3.03 bits per heavy atom. The zero-order valence-corrected chi connectivity index (χ0v) is 17.6. The maximum Gasteiger partial charge on any atom is 0.145 e. The van der Waals surface area contributed by atoms with Crippen molar-refractivity contribution >= 4 is 16.6 Å². The van der Waals surface area contributed by atoms with Crippen LogP contribution in [0.4, 0.5) is 0 Å². The summed E-state index contributed by atoms with van der Waals surface area (Å²) in [7, 11) is 0. The molecule has 4 heterocycles. The third-order valence-corrected chi connectivity index (χ3v) is 5.33. The third kappa shape index (κ3) is 4.19. The minimum atomic E-state index is 0.0510. The van der Waals surface area contributed by atoms with Gasteiger partial charge in [0.2, 0.25) is 0 Å². The van der Waals surface area contributed by atoms with Crippen LogP contribution in [0.1, 0.15) is 13.3 Å². The van der Waals surface area contributed by atoms with Crippen LogP contribution in [0.25, 0.3) is 27.9 Å². The number of hydrogen-bond donors (Lipinski definition) is 1.